The summed E-state index contributed by atoms with van der Waals surface area (Å²) in [5.41, 5.74) is 0. The molecule has 1 aliphatic heterocycles. The number of sulfonamides is 1. The SMILES string of the molecule is O=C(CN1CCN(S(=O)(=O)c2ccc(Cl)s2)CC1)NCc1cccs1. The Balaban J connectivity index is 1.47. The highest BCUT2D eigenvalue weighted by Crippen LogP contribution is 2.28. The Morgan fingerprint density at radius 2 is 1.96 bits per heavy atom. The second-order valence-corrected chi connectivity index (χ2v) is 10.5. The first-order chi connectivity index (χ1) is 11.9. The van der Waals surface area contributed by atoms with Crippen molar-refractivity contribution in [3.05, 3.63) is 38.9 Å². The van der Waals surface area contributed by atoms with Crippen LogP contribution in [0.15, 0.2) is 33.9 Å². The number of amides is 1. The second-order valence-electron chi connectivity index (χ2n) is 5.59. The molecule has 136 valence electrons. The fourth-order valence-electron chi connectivity index (χ4n) is 2.55. The number of piperazine rings is 1. The first kappa shape index (κ1) is 18.8. The van der Waals surface area contributed by atoms with Crippen molar-refractivity contribution in [3.8, 4) is 0 Å². The molecule has 10 heteroatoms. The largest absolute Gasteiger partial charge is 0.350 e. The zero-order valence-corrected chi connectivity index (χ0v) is 16.6. The predicted octanol–water partition coefficient (Wildman–Crippen LogP) is 2.09. The Bertz CT molecular complexity index is 812. The van der Waals surface area contributed by atoms with Gasteiger partial charge in [-0.2, -0.15) is 4.31 Å². The third kappa shape index (κ3) is 4.81. The summed E-state index contributed by atoms with van der Waals surface area (Å²) in [4.78, 5) is 15.1. The van der Waals surface area contributed by atoms with Gasteiger partial charge in [-0.1, -0.05) is 17.7 Å². The minimum atomic E-state index is -3.49. The predicted molar refractivity (Wildman–Crippen MR) is 101 cm³/mol. The number of carbonyl (C=O) groups excluding carboxylic acids is 1. The molecule has 1 N–H and O–H groups in total. The van der Waals surface area contributed by atoms with Crippen molar-refractivity contribution in [1.29, 1.82) is 0 Å². The lowest BCUT2D eigenvalue weighted by Crippen LogP contribution is -2.50. The van der Waals surface area contributed by atoms with E-state index in [-0.39, 0.29) is 16.7 Å². The van der Waals surface area contributed by atoms with Gasteiger partial charge in [0.25, 0.3) is 10.0 Å². The number of carbonyl (C=O) groups is 1. The molecular weight excluding hydrogens is 402 g/mol. The van der Waals surface area contributed by atoms with Gasteiger partial charge in [0.05, 0.1) is 17.4 Å². The van der Waals surface area contributed by atoms with Gasteiger partial charge in [-0.05, 0) is 23.6 Å². The molecule has 2 aromatic heterocycles. The quantitative estimate of drug-likeness (QED) is 0.778. The molecule has 1 aliphatic rings. The zero-order valence-electron chi connectivity index (χ0n) is 13.4. The van der Waals surface area contributed by atoms with Gasteiger partial charge >= 0.3 is 0 Å². The molecular formula is C15H18ClN3O3S3. The number of halogens is 1. The summed E-state index contributed by atoms with van der Waals surface area (Å²) in [6.45, 7) is 2.62. The molecule has 1 saturated heterocycles. The Morgan fingerprint density at radius 3 is 2.56 bits per heavy atom. The topological polar surface area (TPSA) is 69.7 Å². The highest BCUT2D eigenvalue weighted by atomic mass is 35.5. The van der Waals surface area contributed by atoms with Crippen molar-refractivity contribution in [2.75, 3.05) is 32.7 Å². The van der Waals surface area contributed by atoms with Crippen LogP contribution < -0.4 is 5.32 Å². The maximum atomic E-state index is 12.5. The number of rotatable bonds is 6. The first-order valence-electron chi connectivity index (χ1n) is 7.72. The van der Waals surface area contributed by atoms with E-state index in [4.69, 9.17) is 11.6 Å². The Morgan fingerprint density at radius 1 is 1.20 bits per heavy atom. The lowest BCUT2D eigenvalue weighted by Gasteiger charge is -2.33. The normalized spacial score (nSPS) is 16.8. The van der Waals surface area contributed by atoms with Crippen LogP contribution in [-0.2, 0) is 21.4 Å². The van der Waals surface area contributed by atoms with E-state index < -0.39 is 10.0 Å². The maximum absolute atomic E-state index is 12.5. The third-order valence-electron chi connectivity index (χ3n) is 3.88. The Kier molecular flexibility index (Phi) is 6.13. The van der Waals surface area contributed by atoms with E-state index in [0.717, 1.165) is 16.2 Å². The summed E-state index contributed by atoms with van der Waals surface area (Å²) in [5, 5.41) is 4.86. The minimum absolute atomic E-state index is 0.0465. The number of hydrogen-bond acceptors (Lipinski definition) is 6. The van der Waals surface area contributed by atoms with E-state index in [1.165, 1.54) is 10.4 Å². The summed E-state index contributed by atoms with van der Waals surface area (Å²) < 4.78 is 27.3. The van der Waals surface area contributed by atoms with Crippen LogP contribution in [0.25, 0.3) is 0 Å². The number of nitrogens with one attached hydrogen (secondary N) is 1. The molecule has 0 saturated carbocycles. The van der Waals surface area contributed by atoms with Crippen molar-refractivity contribution in [1.82, 2.24) is 14.5 Å². The van der Waals surface area contributed by atoms with Crippen molar-refractivity contribution in [3.63, 3.8) is 0 Å². The molecule has 25 heavy (non-hydrogen) atoms. The number of hydrogen-bond donors (Lipinski definition) is 1. The Labute approximate surface area is 160 Å². The Hall–Kier alpha value is -0.970. The van der Waals surface area contributed by atoms with Gasteiger partial charge in [-0.25, -0.2) is 8.42 Å². The second kappa shape index (κ2) is 8.15. The summed E-state index contributed by atoms with van der Waals surface area (Å²) in [6.07, 6.45) is 0. The van der Waals surface area contributed by atoms with Gasteiger partial charge in [0.1, 0.15) is 4.21 Å². The molecule has 1 fully saturated rings. The molecule has 1 amide bonds. The van der Waals surface area contributed by atoms with Crippen LogP contribution in [-0.4, -0.2) is 56.3 Å². The zero-order chi connectivity index (χ0) is 17.9. The molecule has 0 unspecified atom stereocenters. The van der Waals surface area contributed by atoms with Crippen molar-refractivity contribution < 1.29 is 13.2 Å². The number of nitrogens with zero attached hydrogens (tertiary/aromatic N) is 2. The fourth-order valence-corrected chi connectivity index (χ4v) is 6.25. The molecule has 2 aromatic rings. The van der Waals surface area contributed by atoms with Crippen LogP contribution in [0, 0.1) is 0 Å². The molecule has 0 radical (unpaired) electrons. The van der Waals surface area contributed by atoms with E-state index in [1.807, 2.05) is 22.4 Å². The third-order valence-corrected chi connectivity index (χ3v) is 8.35. The van der Waals surface area contributed by atoms with Crippen molar-refractivity contribution in [2.45, 2.75) is 10.8 Å². The van der Waals surface area contributed by atoms with Crippen LogP contribution >= 0.6 is 34.3 Å². The fraction of sp³-hybridized carbons (Fsp3) is 0.400. The molecule has 0 bridgehead atoms. The van der Waals surface area contributed by atoms with Gasteiger partial charge in [-0.3, -0.25) is 9.69 Å². The van der Waals surface area contributed by atoms with Crippen LogP contribution in [0.2, 0.25) is 4.34 Å². The maximum Gasteiger partial charge on any atom is 0.252 e. The minimum Gasteiger partial charge on any atom is -0.350 e. The highest BCUT2D eigenvalue weighted by Gasteiger charge is 2.30. The van der Waals surface area contributed by atoms with Crippen LogP contribution in [0.1, 0.15) is 4.88 Å². The summed E-state index contributed by atoms with van der Waals surface area (Å²) in [7, 11) is -3.49. The average molecular weight is 420 g/mol. The molecule has 3 rings (SSSR count). The van der Waals surface area contributed by atoms with Crippen molar-refractivity contribution >= 4 is 50.2 Å². The van der Waals surface area contributed by atoms with E-state index >= 15 is 0 Å². The lowest BCUT2D eigenvalue weighted by molar-refractivity contribution is -0.122. The average Bonchev–Trinajstić information content (AvgIpc) is 3.25. The monoisotopic (exact) mass is 419 g/mol. The molecule has 0 aromatic carbocycles. The summed E-state index contributed by atoms with van der Waals surface area (Å²) in [6, 6.07) is 7.05. The van der Waals surface area contributed by atoms with Crippen LogP contribution in [0.4, 0.5) is 0 Å². The molecule has 3 heterocycles. The van der Waals surface area contributed by atoms with Gasteiger partial charge in [-0.15, -0.1) is 22.7 Å². The standard InChI is InChI=1S/C15H18ClN3O3S3/c16-13-3-4-15(24-13)25(21,22)19-7-5-18(6-8-19)11-14(20)17-10-12-2-1-9-23-12/h1-4,9H,5-8,10-11H2,(H,17,20). The van der Waals surface area contributed by atoms with Crippen LogP contribution in [0.5, 0.6) is 0 Å². The van der Waals surface area contributed by atoms with Gasteiger partial charge in [0.15, 0.2) is 0 Å². The molecule has 6 nitrogen and oxygen atoms in total. The summed E-state index contributed by atoms with van der Waals surface area (Å²) >= 11 is 8.50. The summed E-state index contributed by atoms with van der Waals surface area (Å²) in [5.74, 6) is -0.0465. The van der Waals surface area contributed by atoms with E-state index in [9.17, 15) is 13.2 Å². The van der Waals surface area contributed by atoms with Crippen LogP contribution in [0.3, 0.4) is 0 Å². The molecule has 0 aliphatic carbocycles. The van der Waals surface area contributed by atoms with Gasteiger partial charge in [0, 0.05) is 31.1 Å². The highest BCUT2D eigenvalue weighted by molar-refractivity contribution is 7.91. The van der Waals surface area contributed by atoms with Crippen molar-refractivity contribution in [2.24, 2.45) is 0 Å². The first-order valence-corrected chi connectivity index (χ1v) is 11.2. The van der Waals surface area contributed by atoms with Gasteiger partial charge < -0.3 is 5.32 Å². The molecule has 0 spiro atoms. The van der Waals surface area contributed by atoms with E-state index in [0.29, 0.717) is 37.1 Å². The lowest BCUT2D eigenvalue weighted by atomic mass is 10.3. The van der Waals surface area contributed by atoms with E-state index in [1.54, 1.807) is 17.4 Å². The number of thiophene rings is 2. The molecule has 0 atom stereocenters. The van der Waals surface area contributed by atoms with E-state index in [2.05, 4.69) is 5.32 Å². The van der Waals surface area contributed by atoms with Gasteiger partial charge in [0.2, 0.25) is 5.91 Å². The smallest absolute Gasteiger partial charge is 0.252 e.